The lowest BCUT2D eigenvalue weighted by atomic mass is 10.2. The lowest BCUT2D eigenvalue weighted by Crippen LogP contribution is -2.01. The van der Waals surface area contributed by atoms with Crippen molar-refractivity contribution in [3.63, 3.8) is 0 Å². The van der Waals surface area contributed by atoms with Crippen LogP contribution in [0, 0.1) is 13.7 Å². The fraction of sp³-hybridized carbons (Fsp3) is 0.125. The van der Waals surface area contributed by atoms with Gasteiger partial charge in [0.05, 0.1) is 15.6 Å². The number of halogens is 2. The third kappa shape index (κ3) is 2.57. The summed E-state index contributed by atoms with van der Waals surface area (Å²) in [5.74, 6) is 0.356. The number of methoxy groups -OCH3 is 1. The van der Waals surface area contributed by atoms with Gasteiger partial charge in [0.2, 0.25) is 0 Å². The molecule has 5 nitrogen and oxygen atoms in total. The summed E-state index contributed by atoms with van der Waals surface area (Å²) < 4.78 is 5.19. The molecule has 80 valence electrons. The second-order valence-electron chi connectivity index (χ2n) is 2.54. The molecule has 0 saturated carbocycles. The minimum absolute atomic E-state index is 0.162. The Morgan fingerprint density at radius 1 is 1.60 bits per heavy atom. The summed E-state index contributed by atoms with van der Waals surface area (Å²) in [6.45, 7) is 0. The first-order chi connectivity index (χ1) is 6.97. The van der Waals surface area contributed by atoms with Crippen molar-refractivity contribution < 1.29 is 14.5 Å². The second-order valence-corrected chi connectivity index (χ2v) is 4.04. The lowest BCUT2D eigenvalue weighted by molar-refractivity contribution is -0.386. The van der Waals surface area contributed by atoms with E-state index in [0.29, 0.717) is 9.32 Å². The van der Waals surface area contributed by atoms with Gasteiger partial charge in [0.1, 0.15) is 11.3 Å². The van der Waals surface area contributed by atoms with E-state index in [1.54, 1.807) is 22.6 Å². The van der Waals surface area contributed by atoms with Crippen molar-refractivity contribution in [2.75, 3.05) is 7.11 Å². The van der Waals surface area contributed by atoms with Gasteiger partial charge in [-0.1, -0.05) is 0 Å². The summed E-state index contributed by atoms with van der Waals surface area (Å²) in [7, 11) is 1.40. The van der Waals surface area contributed by atoms with Gasteiger partial charge in [0, 0.05) is 6.07 Å². The summed E-state index contributed by atoms with van der Waals surface area (Å²) in [6.07, 6.45) is 0. The molecule has 0 saturated heterocycles. The number of hydrogen-bond donors (Lipinski definition) is 0. The Hall–Kier alpha value is -0.890. The van der Waals surface area contributed by atoms with E-state index in [0.717, 1.165) is 0 Å². The van der Waals surface area contributed by atoms with E-state index < -0.39 is 10.2 Å². The van der Waals surface area contributed by atoms with Gasteiger partial charge in [-0.25, -0.2) is 0 Å². The molecular formula is C8H5ClINO4. The third-order valence-corrected chi connectivity index (χ3v) is 2.69. The maximum absolute atomic E-state index is 11.0. The van der Waals surface area contributed by atoms with E-state index in [1.165, 1.54) is 19.2 Å². The largest absolute Gasteiger partial charge is 0.497 e. The van der Waals surface area contributed by atoms with Crippen LogP contribution in [0.15, 0.2) is 12.1 Å². The summed E-state index contributed by atoms with van der Waals surface area (Å²) in [5, 5.41) is 9.82. The SMILES string of the molecule is COc1cc(I)c([N+](=O)[O-])c(C(=O)Cl)c1. The minimum Gasteiger partial charge on any atom is -0.497 e. The molecule has 0 radical (unpaired) electrons. The summed E-state index contributed by atoms with van der Waals surface area (Å²) in [5.41, 5.74) is -0.457. The number of rotatable bonds is 3. The number of ether oxygens (including phenoxy) is 1. The van der Waals surface area contributed by atoms with Gasteiger partial charge in [-0.3, -0.25) is 14.9 Å². The van der Waals surface area contributed by atoms with Crippen LogP contribution in [0.3, 0.4) is 0 Å². The molecule has 0 atom stereocenters. The molecule has 0 heterocycles. The van der Waals surface area contributed by atoms with Gasteiger partial charge < -0.3 is 4.74 Å². The Balaban J connectivity index is 3.49. The summed E-state index contributed by atoms with van der Waals surface area (Å²) >= 11 is 7.00. The van der Waals surface area contributed by atoms with Gasteiger partial charge >= 0.3 is 0 Å². The maximum Gasteiger partial charge on any atom is 0.294 e. The van der Waals surface area contributed by atoms with Gasteiger partial charge in [0.25, 0.3) is 10.9 Å². The van der Waals surface area contributed by atoms with Crippen molar-refractivity contribution in [2.45, 2.75) is 0 Å². The van der Waals surface area contributed by atoms with Crippen molar-refractivity contribution in [1.82, 2.24) is 0 Å². The van der Waals surface area contributed by atoms with E-state index in [9.17, 15) is 14.9 Å². The van der Waals surface area contributed by atoms with Crippen LogP contribution in [0.25, 0.3) is 0 Å². The first-order valence-electron chi connectivity index (χ1n) is 3.69. The van der Waals surface area contributed by atoms with E-state index >= 15 is 0 Å². The molecule has 0 N–H and O–H groups in total. The molecule has 0 unspecified atom stereocenters. The second kappa shape index (κ2) is 4.75. The molecule has 0 fully saturated rings. The molecule has 1 aromatic carbocycles. The smallest absolute Gasteiger partial charge is 0.294 e. The van der Waals surface area contributed by atoms with Crippen LogP contribution in [0.5, 0.6) is 5.75 Å². The molecule has 1 aromatic rings. The van der Waals surface area contributed by atoms with Crippen LogP contribution < -0.4 is 4.74 Å². The molecule has 15 heavy (non-hydrogen) atoms. The van der Waals surface area contributed by atoms with Crippen LogP contribution in [0.1, 0.15) is 10.4 Å². The number of nitro groups is 1. The monoisotopic (exact) mass is 341 g/mol. The highest BCUT2D eigenvalue weighted by Crippen LogP contribution is 2.31. The van der Waals surface area contributed by atoms with Crippen molar-refractivity contribution >= 4 is 45.1 Å². The maximum atomic E-state index is 11.0. The highest BCUT2D eigenvalue weighted by Gasteiger charge is 2.23. The fourth-order valence-corrected chi connectivity index (χ4v) is 1.97. The van der Waals surface area contributed by atoms with Crippen molar-refractivity contribution in [2.24, 2.45) is 0 Å². The average Bonchev–Trinajstić information content (AvgIpc) is 2.15. The first kappa shape index (κ1) is 12.2. The van der Waals surface area contributed by atoms with E-state index in [4.69, 9.17) is 16.3 Å². The average molecular weight is 341 g/mol. The molecule has 0 amide bonds. The standard InChI is InChI=1S/C8H5ClINO4/c1-15-4-2-5(8(9)12)7(11(13)14)6(10)3-4/h2-3H,1H3. The Morgan fingerprint density at radius 2 is 2.20 bits per heavy atom. The molecule has 0 aromatic heterocycles. The predicted molar refractivity (Wildman–Crippen MR) is 62.5 cm³/mol. The molecule has 0 aliphatic rings. The number of carbonyl (C=O) groups is 1. The number of carbonyl (C=O) groups excluding carboxylic acids is 1. The normalized spacial score (nSPS) is 9.80. The van der Waals surface area contributed by atoms with Gasteiger partial charge in [-0.15, -0.1) is 0 Å². The molecule has 7 heteroatoms. The number of nitro benzene ring substituents is 1. The Morgan fingerprint density at radius 3 is 2.60 bits per heavy atom. The van der Waals surface area contributed by atoms with Gasteiger partial charge in [-0.05, 0) is 40.3 Å². The van der Waals surface area contributed by atoms with Gasteiger partial charge in [-0.2, -0.15) is 0 Å². The zero-order valence-corrected chi connectivity index (χ0v) is 10.4. The zero-order valence-electron chi connectivity index (χ0n) is 7.49. The fourth-order valence-electron chi connectivity index (χ4n) is 1.03. The van der Waals surface area contributed by atoms with Crippen LogP contribution >= 0.6 is 34.2 Å². The Bertz CT molecular complexity index is 435. The first-order valence-corrected chi connectivity index (χ1v) is 5.14. The molecule has 0 aliphatic heterocycles. The highest BCUT2D eigenvalue weighted by atomic mass is 127. The number of nitrogens with zero attached hydrogens (tertiary/aromatic N) is 1. The molecule has 0 bridgehead atoms. The Kier molecular flexibility index (Phi) is 3.86. The molecular weight excluding hydrogens is 336 g/mol. The third-order valence-electron chi connectivity index (χ3n) is 1.67. The van der Waals surface area contributed by atoms with Crippen LogP contribution in [-0.4, -0.2) is 17.3 Å². The summed E-state index contributed by atoms with van der Waals surface area (Å²) in [4.78, 5) is 21.0. The number of benzene rings is 1. The van der Waals surface area contributed by atoms with Crippen molar-refractivity contribution in [3.05, 3.63) is 31.4 Å². The zero-order chi connectivity index (χ0) is 11.6. The van der Waals surface area contributed by atoms with E-state index in [-0.39, 0.29) is 11.3 Å². The van der Waals surface area contributed by atoms with Crippen LogP contribution in [-0.2, 0) is 0 Å². The lowest BCUT2D eigenvalue weighted by Gasteiger charge is -2.04. The van der Waals surface area contributed by atoms with E-state index in [2.05, 4.69) is 0 Å². The highest BCUT2D eigenvalue weighted by molar-refractivity contribution is 14.1. The van der Waals surface area contributed by atoms with Crippen LogP contribution in [0.4, 0.5) is 5.69 Å². The van der Waals surface area contributed by atoms with Crippen molar-refractivity contribution in [1.29, 1.82) is 0 Å². The minimum atomic E-state index is -0.876. The van der Waals surface area contributed by atoms with Gasteiger partial charge in [0.15, 0.2) is 0 Å². The molecule has 1 rings (SSSR count). The molecule has 0 spiro atoms. The predicted octanol–water partition coefficient (Wildman–Crippen LogP) is 2.59. The Labute approximate surface area is 104 Å². The van der Waals surface area contributed by atoms with E-state index in [1.807, 2.05) is 0 Å². The topological polar surface area (TPSA) is 69.4 Å². The van der Waals surface area contributed by atoms with Crippen molar-refractivity contribution in [3.8, 4) is 5.75 Å². The number of hydrogen-bond acceptors (Lipinski definition) is 4. The summed E-state index contributed by atoms with van der Waals surface area (Å²) in [6, 6.07) is 2.71. The quantitative estimate of drug-likeness (QED) is 0.367. The van der Waals surface area contributed by atoms with Crippen LogP contribution in [0.2, 0.25) is 0 Å². The molecule has 0 aliphatic carbocycles.